The summed E-state index contributed by atoms with van der Waals surface area (Å²) >= 11 is 0. The van der Waals surface area contributed by atoms with E-state index in [-0.39, 0.29) is 24.4 Å². The molecule has 0 amide bonds. The zero-order valence-electron chi connectivity index (χ0n) is 22.5. The summed E-state index contributed by atoms with van der Waals surface area (Å²) in [5, 5.41) is 0. The molecule has 2 saturated carbocycles. The summed E-state index contributed by atoms with van der Waals surface area (Å²) in [6.45, 7) is 6.15. The van der Waals surface area contributed by atoms with Crippen molar-refractivity contribution < 1.29 is 33.2 Å². The van der Waals surface area contributed by atoms with E-state index in [0.29, 0.717) is 19.1 Å². The number of hydrogen-bond acceptors (Lipinski definition) is 7. The lowest BCUT2D eigenvalue weighted by Crippen LogP contribution is -2.45. The Balaban J connectivity index is 1.12. The monoisotopic (exact) mass is 516 g/mol. The minimum atomic E-state index is -0.521. The van der Waals surface area contributed by atoms with Crippen molar-refractivity contribution in [1.29, 1.82) is 0 Å². The van der Waals surface area contributed by atoms with Crippen LogP contribution in [0.3, 0.4) is 0 Å². The van der Waals surface area contributed by atoms with Gasteiger partial charge in [-0.05, 0) is 55.7 Å². The molecule has 6 rings (SSSR count). The fourth-order valence-electron chi connectivity index (χ4n) is 6.55. The standard InChI is InChI=1S/C30H44O7/c1-21(2)13-18-31-23-11-9-22(10-12-23)19-32-26-25(24-20-33-29(35-24)14-5-3-6-15-29)34-28-27(26)36-30(37-28)16-7-4-8-17-30/h9-12,21,24-28H,3-8,13-20H2,1-2H3. The normalized spacial score (nSPS) is 34.4. The van der Waals surface area contributed by atoms with Crippen LogP contribution in [-0.2, 0) is 35.0 Å². The molecule has 3 aliphatic heterocycles. The molecule has 1 aromatic carbocycles. The van der Waals surface area contributed by atoms with Crippen molar-refractivity contribution in [1.82, 2.24) is 0 Å². The number of fused-ring (bicyclic) bond motifs is 1. The van der Waals surface area contributed by atoms with E-state index in [1.807, 2.05) is 12.1 Å². The molecule has 5 aliphatic rings. The van der Waals surface area contributed by atoms with E-state index in [1.165, 1.54) is 12.8 Å². The van der Waals surface area contributed by atoms with Gasteiger partial charge in [0.1, 0.15) is 30.2 Å². The van der Waals surface area contributed by atoms with Crippen molar-refractivity contribution in [3.05, 3.63) is 29.8 Å². The molecule has 7 nitrogen and oxygen atoms in total. The first kappa shape index (κ1) is 26.0. The van der Waals surface area contributed by atoms with Crippen LogP contribution in [0.1, 0.15) is 90.0 Å². The van der Waals surface area contributed by atoms with Gasteiger partial charge in [-0.25, -0.2) is 0 Å². The third-order valence-corrected chi connectivity index (χ3v) is 8.69. The van der Waals surface area contributed by atoms with E-state index >= 15 is 0 Å². The average molecular weight is 517 g/mol. The van der Waals surface area contributed by atoms with E-state index in [0.717, 1.165) is 75.7 Å². The lowest BCUT2D eigenvalue weighted by molar-refractivity contribution is -0.263. The highest BCUT2D eigenvalue weighted by molar-refractivity contribution is 5.27. The molecule has 3 saturated heterocycles. The summed E-state index contributed by atoms with van der Waals surface area (Å²) in [6, 6.07) is 8.20. The van der Waals surface area contributed by atoms with Crippen LogP contribution >= 0.6 is 0 Å². The predicted molar refractivity (Wildman–Crippen MR) is 137 cm³/mol. The zero-order chi connectivity index (χ0) is 25.3. The van der Waals surface area contributed by atoms with Crippen molar-refractivity contribution in [2.45, 2.75) is 133 Å². The summed E-state index contributed by atoms with van der Waals surface area (Å²) < 4.78 is 44.9. The van der Waals surface area contributed by atoms with Gasteiger partial charge in [-0.15, -0.1) is 0 Å². The topological polar surface area (TPSA) is 64.6 Å². The largest absolute Gasteiger partial charge is 0.494 e. The number of rotatable bonds is 8. The van der Waals surface area contributed by atoms with Gasteiger partial charge in [0.2, 0.25) is 0 Å². The van der Waals surface area contributed by atoms with Crippen molar-refractivity contribution in [2.75, 3.05) is 13.2 Å². The van der Waals surface area contributed by atoms with Crippen LogP contribution in [0.25, 0.3) is 0 Å². The molecule has 206 valence electrons. The van der Waals surface area contributed by atoms with Crippen LogP contribution in [0.2, 0.25) is 0 Å². The van der Waals surface area contributed by atoms with Gasteiger partial charge in [-0.3, -0.25) is 0 Å². The molecule has 5 atom stereocenters. The highest BCUT2D eigenvalue weighted by atomic mass is 16.9. The van der Waals surface area contributed by atoms with Gasteiger partial charge < -0.3 is 33.2 Å². The van der Waals surface area contributed by atoms with Gasteiger partial charge in [0.05, 0.1) is 19.8 Å². The molecule has 2 spiro atoms. The maximum Gasteiger partial charge on any atom is 0.190 e. The van der Waals surface area contributed by atoms with E-state index < -0.39 is 17.9 Å². The summed E-state index contributed by atoms with van der Waals surface area (Å²) in [7, 11) is 0. The van der Waals surface area contributed by atoms with Crippen molar-refractivity contribution >= 4 is 0 Å². The van der Waals surface area contributed by atoms with Gasteiger partial charge in [0.25, 0.3) is 0 Å². The second-order valence-electron chi connectivity index (χ2n) is 12.0. The van der Waals surface area contributed by atoms with E-state index in [4.69, 9.17) is 33.2 Å². The van der Waals surface area contributed by atoms with Crippen molar-refractivity contribution in [3.8, 4) is 5.75 Å². The predicted octanol–water partition coefficient (Wildman–Crippen LogP) is 5.87. The number of benzene rings is 1. The number of ether oxygens (including phenoxy) is 7. The molecular weight excluding hydrogens is 472 g/mol. The van der Waals surface area contributed by atoms with Gasteiger partial charge in [-0.1, -0.05) is 38.8 Å². The van der Waals surface area contributed by atoms with Crippen molar-refractivity contribution in [3.63, 3.8) is 0 Å². The Morgan fingerprint density at radius 3 is 2.24 bits per heavy atom. The minimum absolute atomic E-state index is 0.181. The lowest BCUT2D eigenvalue weighted by Gasteiger charge is -2.35. The molecule has 5 fully saturated rings. The van der Waals surface area contributed by atoms with Gasteiger partial charge in [0.15, 0.2) is 17.9 Å². The first-order valence-electron chi connectivity index (χ1n) is 14.7. The highest BCUT2D eigenvalue weighted by Crippen LogP contribution is 2.48. The molecule has 2 aliphatic carbocycles. The Morgan fingerprint density at radius 1 is 0.838 bits per heavy atom. The zero-order valence-corrected chi connectivity index (χ0v) is 22.5. The molecule has 0 radical (unpaired) electrons. The summed E-state index contributed by atoms with van der Waals surface area (Å²) in [6.07, 6.45) is 10.4. The average Bonchev–Trinajstić information content (AvgIpc) is 3.55. The second-order valence-corrected chi connectivity index (χ2v) is 12.0. The molecular formula is C30H44O7. The third-order valence-electron chi connectivity index (χ3n) is 8.69. The molecule has 1 aromatic rings. The smallest absolute Gasteiger partial charge is 0.190 e. The van der Waals surface area contributed by atoms with Crippen LogP contribution in [-0.4, -0.2) is 55.5 Å². The Kier molecular flexibility index (Phi) is 7.81. The number of hydrogen-bond donors (Lipinski definition) is 0. The Bertz CT molecular complexity index is 874. The molecule has 5 unspecified atom stereocenters. The van der Waals surface area contributed by atoms with Gasteiger partial charge in [0, 0.05) is 25.7 Å². The third kappa shape index (κ3) is 5.73. The quantitative estimate of drug-likeness (QED) is 0.428. The molecule has 3 heterocycles. The van der Waals surface area contributed by atoms with Crippen molar-refractivity contribution in [2.24, 2.45) is 5.92 Å². The van der Waals surface area contributed by atoms with Crippen LogP contribution < -0.4 is 4.74 Å². The van der Waals surface area contributed by atoms with Gasteiger partial charge >= 0.3 is 0 Å². The summed E-state index contributed by atoms with van der Waals surface area (Å²) in [5.41, 5.74) is 1.09. The van der Waals surface area contributed by atoms with Crippen LogP contribution in [0, 0.1) is 5.92 Å². The molecule has 0 aromatic heterocycles. The second kappa shape index (κ2) is 11.1. The fourth-order valence-corrected chi connectivity index (χ4v) is 6.55. The molecule has 7 heteroatoms. The SMILES string of the molecule is CC(C)CCOc1ccc(COC2C(C3COC4(CCCCC4)O3)OC3OC4(CCCCC4)OC32)cc1. The maximum absolute atomic E-state index is 6.64. The van der Waals surface area contributed by atoms with Gasteiger partial charge in [-0.2, -0.15) is 0 Å². The van der Waals surface area contributed by atoms with Crippen LogP contribution in [0.5, 0.6) is 5.75 Å². The Hall–Kier alpha value is -1.22. The first-order chi connectivity index (χ1) is 18.0. The summed E-state index contributed by atoms with van der Waals surface area (Å²) in [4.78, 5) is 0. The van der Waals surface area contributed by atoms with Crippen LogP contribution in [0.15, 0.2) is 24.3 Å². The maximum atomic E-state index is 6.64. The Labute approximate surface area is 221 Å². The molecule has 37 heavy (non-hydrogen) atoms. The molecule has 0 N–H and O–H groups in total. The lowest BCUT2D eigenvalue weighted by atomic mass is 9.94. The fraction of sp³-hybridized carbons (Fsp3) is 0.800. The van der Waals surface area contributed by atoms with E-state index in [9.17, 15) is 0 Å². The first-order valence-corrected chi connectivity index (χ1v) is 14.7. The highest BCUT2D eigenvalue weighted by Gasteiger charge is 2.61. The van der Waals surface area contributed by atoms with E-state index in [2.05, 4.69) is 26.0 Å². The van der Waals surface area contributed by atoms with Crippen LogP contribution in [0.4, 0.5) is 0 Å². The Morgan fingerprint density at radius 2 is 1.54 bits per heavy atom. The molecule has 0 bridgehead atoms. The summed E-state index contributed by atoms with van der Waals surface area (Å²) in [5.74, 6) is 0.557. The van der Waals surface area contributed by atoms with E-state index in [1.54, 1.807) is 0 Å². The minimum Gasteiger partial charge on any atom is -0.494 e.